The van der Waals surface area contributed by atoms with Crippen molar-refractivity contribution in [3.05, 3.63) is 63.2 Å². The first-order valence-electron chi connectivity index (χ1n) is 6.08. The molecule has 2 rings (SSSR count). The normalized spacial score (nSPS) is 10.5. The Morgan fingerprint density at radius 2 is 1.74 bits per heavy atom. The molecule has 0 aliphatic rings. The van der Waals surface area contributed by atoms with Gasteiger partial charge < -0.3 is 5.73 Å². The summed E-state index contributed by atoms with van der Waals surface area (Å²) < 4.78 is 0. The second-order valence-corrected chi connectivity index (χ2v) is 5.19. The summed E-state index contributed by atoms with van der Waals surface area (Å²) in [6.07, 6.45) is 0. The van der Waals surface area contributed by atoms with Gasteiger partial charge in [0.15, 0.2) is 5.78 Å². The number of nitrogens with two attached hydrogens (primary N) is 1. The van der Waals surface area contributed by atoms with E-state index in [0.717, 1.165) is 16.7 Å². The molecule has 0 atom stereocenters. The summed E-state index contributed by atoms with van der Waals surface area (Å²) in [7, 11) is 0. The van der Waals surface area contributed by atoms with E-state index in [0.29, 0.717) is 21.8 Å². The van der Waals surface area contributed by atoms with Crippen LogP contribution in [-0.4, -0.2) is 5.78 Å². The molecule has 3 heteroatoms. The molecule has 0 radical (unpaired) electrons. The number of anilines is 1. The van der Waals surface area contributed by atoms with Crippen molar-refractivity contribution in [3.63, 3.8) is 0 Å². The fourth-order valence-electron chi connectivity index (χ4n) is 2.16. The predicted octanol–water partition coefficient (Wildman–Crippen LogP) is 4.08. The SMILES string of the molecule is Cc1cc(C(=O)c2c(C)cccc2N)c(C)cc1Cl. The number of nitrogen functional groups attached to an aromatic ring is 1. The first kappa shape index (κ1) is 13.6. The molecule has 98 valence electrons. The number of carbonyl (C=O) groups is 1. The van der Waals surface area contributed by atoms with Gasteiger partial charge in [0, 0.05) is 21.8 Å². The van der Waals surface area contributed by atoms with Crippen LogP contribution in [0.25, 0.3) is 0 Å². The van der Waals surface area contributed by atoms with Crippen molar-refractivity contribution in [1.29, 1.82) is 0 Å². The fourth-order valence-corrected chi connectivity index (χ4v) is 2.38. The van der Waals surface area contributed by atoms with E-state index in [2.05, 4.69) is 0 Å². The van der Waals surface area contributed by atoms with E-state index in [1.54, 1.807) is 6.07 Å². The number of halogens is 1. The number of ketones is 1. The van der Waals surface area contributed by atoms with E-state index >= 15 is 0 Å². The lowest BCUT2D eigenvalue weighted by molar-refractivity contribution is 0.103. The topological polar surface area (TPSA) is 43.1 Å². The average Bonchev–Trinajstić information content (AvgIpc) is 2.33. The molecular formula is C16H16ClNO. The van der Waals surface area contributed by atoms with E-state index in [-0.39, 0.29) is 5.78 Å². The second kappa shape index (κ2) is 5.06. The van der Waals surface area contributed by atoms with Crippen LogP contribution in [0.5, 0.6) is 0 Å². The molecule has 0 fully saturated rings. The summed E-state index contributed by atoms with van der Waals surface area (Å²) in [5.74, 6) is -0.0483. The zero-order valence-corrected chi connectivity index (χ0v) is 12.0. The molecule has 0 unspecified atom stereocenters. The van der Waals surface area contributed by atoms with Crippen molar-refractivity contribution in [1.82, 2.24) is 0 Å². The molecule has 19 heavy (non-hydrogen) atoms. The van der Waals surface area contributed by atoms with Crippen LogP contribution >= 0.6 is 11.6 Å². The maximum Gasteiger partial charge on any atom is 0.195 e. The van der Waals surface area contributed by atoms with Crippen LogP contribution in [0.2, 0.25) is 5.02 Å². The third-order valence-corrected chi connectivity index (χ3v) is 3.69. The van der Waals surface area contributed by atoms with Crippen LogP contribution in [-0.2, 0) is 0 Å². The quantitative estimate of drug-likeness (QED) is 0.662. The first-order chi connectivity index (χ1) is 8.91. The van der Waals surface area contributed by atoms with Crippen LogP contribution in [0.3, 0.4) is 0 Å². The molecule has 0 aromatic heterocycles. The molecule has 0 amide bonds. The lowest BCUT2D eigenvalue weighted by Crippen LogP contribution is -2.09. The highest BCUT2D eigenvalue weighted by molar-refractivity contribution is 6.31. The van der Waals surface area contributed by atoms with Crippen molar-refractivity contribution in [3.8, 4) is 0 Å². The fraction of sp³-hybridized carbons (Fsp3) is 0.188. The molecule has 0 saturated heterocycles. The third kappa shape index (κ3) is 2.49. The van der Waals surface area contributed by atoms with Crippen molar-refractivity contribution in [2.75, 3.05) is 5.73 Å². The molecule has 2 aromatic carbocycles. The molecule has 0 heterocycles. The maximum absolute atomic E-state index is 12.6. The van der Waals surface area contributed by atoms with E-state index in [4.69, 9.17) is 17.3 Å². The highest BCUT2D eigenvalue weighted by atomic mass is 35.5. The van der Waals surface area contributed by atoms with E-state index in [1.807, 2.05) is 45.0 Å². The first-order valence-corrected chi connectivity index (χ1v) is 6.46. The van der Waals surface area contributed by atoms with E-state index < -0.39 is 0 Å². The standard InChI is InChI=1S/C16H16ClNO/c1-9-5-4-6-14(18)15(9)16(19)12-7-11(3)13(17)8-10(12)2/h4-8H,18H2,1-3H3. The van der Waals surface area contributed by atoms with Crippen molar-refractivity contribution < 1.29 is 4.79 Å². The van der Waals surface area contributed by atoms with E-state index in [1.165, 1.54) is 0 Å². The number of aryl methyl sites for hydroxylation is 3. The molecule has 0 aliphatic carbocycles. The Labute approximate surface area is 118 Å². The summed E-state index contributed by atoms with van der Waals surface area (Å²) in [5, 5.41) is 0.673. The molecule has 0 bridgehead atoms. The van der Waals surface area contributed by atoms with Crippen LogP contribution in [0.4, 0.5) is 5.69 Å². The van der Waals surface area contributed by atoms with Crippen LogP contribution < -0.4 is 5.73 Å². The Kier molecular flexibility index (Phi) is 3.63. The van der Waals surface area contributed by atoms with Crippen molar-refractivity contribution in [2.24, 2.45) is 0 Å². The van der Waals surface area contributed by atoms with Crippen LogP contribution in [0, 0.1) is 20.8 Å². The van der Waals surface area contributed by atoms with Crippen LogP contribution in [0.15, 0.2) is 30.3 Å². The number of hydrogen-bond donors (Lipinski definition) is 1. The molecular weight excluding hydrogens is 258 g/mol. The monoisotopic (exact) mass is 273 g/mol. The van der Waals surface area contributed by atoms with Gasteiger partial charge in [0.05, 0.1) is 0 Å². The molecule has 0 spiro atoms. The van der Waals surface area contributed by atoms with Crippen molar-refractivity contribution >= 4 is 23.1 Å². The second-order valence-electron chi connectivity index (χ2n) is 4.78. The van der Waals surface area contributed by atoms with Gasteiger partial charge in [-0.2, -0.15) is 0 Å². The van der Waals surface area contributed by atoms with Crippen LogP contribution in [0.1, 0.15) is 32.6 Å². The van der Waals surface area contributed by atoms with Crippen molar-refractivity contribution in [2.45, 2.75) is 20.8 Å². The minimum absolute atomic E-state index is 0.0483. The molecule has 2 nitrogen and oxygen atoms in total. The number of benzene rings is 2. The minimum atomic E-state index is -0.0483. The number of hydrogen-bond acceptors (Lipinski definition) is 2. The maximum atomic E-state index is 12.6. The van der Waals surface area contributed by atoms with Gasteiger partial charge in [-0.1, -0.05) is 23.7 Å². The Hall–Kier alpha value is -1.80. The summed E-state index contributed by atoms with van der Waals surface area (Å²) in [4.78, 5) is 12.6. The highest BCUT2D eigenvalue weighted by Gasteiger charge is 2.17. The third-order valence-electron chi connectivity index (χ3n) is 3.28. The lowest BCUT2D eigenvalue weighted by Gasteiger charge is -2.11. The zero-order chi connectivity index (χ0) is 14.2. The smallest absolute Gasteiger partial charge is 0.195 e. The molecule has 0 saturated carbocycles. The number of carbonyl (C=O) groups excluding carboxylic acids is 1. The zero-order valence-electron chi connectivity index (χ0n) is 11.3. The van der Waals surface area contributed by atoms with Gasteiger partial charge in [0.2, 0.25) is 0 Å². The van der Waals surface area contributed by atoms with Gasteiger partial charge in [-0.05, 0) is 55.7 Å². The Morgan fingerprint density at radius 3 is 2.37 bits per heavy atom. The van der Waals surface area contributed by atoms with Gasteiger partial charge in [0.25, 0.3) is 0 Å². The summed E-state index contributed by atoms with van der Waals surface area (Å²) in [6, 6.07) is 9.13. The average molecular weight is 274 g/mol. The van der Waals surface area contributed by atoms with Gasteiger partial charge >= 0.3 is 0 Å². The summed E-state index contributed by atoms with van der Waals surface area (Å²) in [6.45, 7) is 5.66. The van der Waals surface area contributed by atoms with Gasteiger partial charge in [-0.25, -0.2) is 0 Å². The van der Waals surface area contributed by atoms with Gasteiger partial charge in [-0.3, -0.25) is 4.79 Å². The predicted molar refractivity (Wildman–Crippen MR) is 79.9 cm³/mol. The Morgan fingerprint density at radius 1 is 1.05 bits per heavy atom. The van der Waals surface area contributed by atoms with Gasteiger partial charge in [0.1, 0.15) is 0 Å². The molecule has 0 aliphatic heterocycles. The molecule has 2 N–H and O–H groups in total. The summed E-state index contributed by atoms with van der Waals surface area (Å²) >= 11 is 6.06. The summed E-state index contributed by atoms with van der Waals surface area (Å²) in [5.41, 5.74) is 10.3. The Balaban J connectivity index is 2.60. The lowest BCUT2D eigenvalue weighted by atomic mass is 9.93. The van der Waals surface area contributed by atoms with E-state index in [9.17, 15) is 4.79 Å². The minimum Gasteiger partial charge on any atom is -0.398 e. The molecule has 2 aromatic rings. The number of rotatable bonds is 2. The van der Waals surface area contributed by atoms with Gasteiger partial charge in [-0.15, -0.1) is 0 Å². The Bertz CT molecular complexity index is 642. The largest absolute Gasteiger partial charge is 0.398 e. The highest BCUT2D eigenvalue weighted by Crippen LogP contribution is 2.26.